The first-order chi connectivity index (χ1) is 9.83. The summed E-state index contributed by atoms with van der Waals surface area (Å²) < 4.78 is 0. The molecule has 2 aromatic heterocycles. The molecule has 3 aromatic rings. The molecule has 5 nitrogen and oxygen atoms in total. The number of hydrogen-bond acceptors (Lipinski definition) is 4. The van der Waals surface area contributed by atoms with Gasteiger partial charge < -0.3 is 15.8 Å². The second-order valence-corrected chi connectivity index (χ2v) is 4.89. The molecule has 0 spiro atoms. The van der Waals surface area contributed by atoms with E-state index in [4.69, 9.17) is 10.7 Å². The van der Waals surface area contributed by atoms with Gasteiger partial charge >= 0.3 is 0 Å². The van der Waals surface area contributed by atoms with Crippen LogP contribution in [0.4, 0.5) is 0 Å². The topological polar surface area (TPSA) is 87.8 Å². The van der Waals surface area contributed by atoms with Crippen LogP contribution in [0.5, 0.6) is 0 Å². The fraction of sp³-hybridized carbons (Fsp3) is 0.333. The summed E-state index contributed by atoms with van der Waals surface area (Å²) in [4.78, 5) is 12.4. The number of aliphatic hydroxyl groups excluding tert-OH is 1. The summed E-state index contributed by atoms with van der Waals surface area (Å²) in [6.45, 7) is 0.602. The van der Waals surface area contributed by atoms with Crippen molar-refractivity contribution in [2.75, 3.05) is 6.54 Å². The average molecular weight is 270 g/mol. The molecule has 20 heavy (non-hydrogen) atoms. The molecule has 0 saturated heterocycles. The van der Waals surface area contributed by atoms with Crippen molar-refractivity contribution in [2.45, 2.75) is 25.9 Å². The monoisotopic (exact) mass is 270 g/mol. The number of benzene rings is 1. The number of pyridine rings is 1. The molecule has 0 bridgehead atoms. The number of nitrogens with zero attached hydrogens (tertiary/aromatic N) is 2. The number of para-hydroxylation sites is 1. The molecule has 0 radical (unpaired) electrons. The van der Waals surface area contributed by atoms with E-state index in [1.165, 1.54) is 0 Å². The molecule has 0 atom stereocenters. The van der Waals surface area contributed by atoms with Crippen LogP contribution >= 0.6 is 0 Å². The first-order valence-electron chi connectivity index (χ1n) is 6.90. The Labute approximate surface area is 116 Å². The predicted octanol–water partition coefficient (Wildman–Crippen LogP) is 1.88. The molecular formula is C15H18N4O. The third kappa shape index (κ3) is 2.26. The Morgan fingerprint density at radius 3 is 2.80 bits per heavy atom. The highest BCUT2D eigenvalue weighted by molar-refractivity contribution is 6.03. The standard InChI is InChI=1S/C15H18N4O/c16-8-4-3-7-12-15-14(18-13(9-20)19-15)10-5-1-2-6-11(10)17-12/h1-2,5-6,20H,3-4,7-9,16H2,(H,18,19). The lowest BCUT2D eigenvalue weighted by Crippen LogP contribution is -2.00. The Morgan fingerprint density at radius 1 is 1.15 bits per heavy atom. The molecule has 0 aliphatic carbocycles. The second kappa shape index (κ2) is 5.56. The van der Waals surface area contributed by atoms with Gasteiger partial charge in [-0.2, -0.15) is 0 Å². The number of fused-ring (bicyclic) bond motifs is 3. The number of nitrogens with one attached hydrogen (secondary N) is 1. The number of hydrogen-bond donors (Lipinski definition) is 3. The molecule has 0 aliphatic rings. The van der Waals surface area contributed by atoms with E-state index in [9.17, 15) is 5.11 Å². The van der Waals surface area contributed by atoms with Crippen LogP contribution in [0.15, 0.2) is 24.3 Å². The number of nitrogens with two attached hydrogens (primary N) is 1. The van der Waals surface area contributed by atoms with Crippen LogP contribution in [0.1, 0.15) is 24.4 Å². The minimum Gasteiger partial charge on any atom is -0.388 e. The van der Waals surface area contributed by atoms with Gasteiger partial charge in [0.1, 0.15) is 17.9 Å². The van der Waals surface area contributed by atoms with Crippen LogP contribution in [0.2, 0.25) is 0 Å². The lowest BCUT2D eigenvalue weighted by molar-refractivity contribution is 0.273. The van der Waals surface area contributed by atoms with Crippen LogP contribution in [0, 0.1) is 0 Å². The molecule has 2 heterocycles. The molecular weight excluding hydrogens is 252 g/mol. The van der Waals surface area contributed by atoms with E-state index < -0.39 is 0 Å². The van der Waals surface area contributed by atoms with Crippen LogP contribution in [-0.4, -0.2) is 26.6 Å². The van der Waals surface area contributed by atoms with Gasteiger partial charge in [0.15, 0.2) is 0 Å². The molecule has 5 heteroatoms. The van der Waals surface area contributed by atoms with E-state index in [0.29, 0.717) is 12.4 Å². The number of aromatic amines is 1. The molecule has 0 saturated carbocycles. The Morgan fingerprint density at radius 2 is 2.00 bits per heavy atom. The number of H-pyrrole nitrogens is 1. The summed E-state index contributed by atoms with van der Waals surface area (Å²) in [5.41, 5.74) is 9.30. The van der Waals surface area contributed by atoms with Gasteiger partial charge in [-0.1, -0.05) is 18.2 Å². The van der Waals surface area contributed by atoms with Crippen LogP contribution in [0.25, 0.3) is 21.9 Å². The van der Waals surface area contributed by atoms with Gasteiger partial charge in [0, 0.05) is 5.39 Å². The summed E-state index contributed by atoms with van der Waals surface area (Å²) in [6.07, 6.45) is 2.83. The summed E-state index contributed by atoms with van der Waals surface area (Å²) >= 11 is 0. The molecule has 1 aromatic carbocycles. The Bertz CT molecular complexity index is 735. The predicted molar refractivity (Wildman–Crippen MR) is 79.3 cm³/mol. The zero-order valence-electron chi connectivity index (χ0n) is 11.3. The number of imidazole rings is 1. The van der Waals surface area contributed by atoms with Gasteiger partial charge in [0.05, 0.1) is 16.7 Å². The summed E-state index contributed by atoms with van der Waals surface area (Å²) in [5, 5.41) is 10.3. The van der Waals surface area contributed by atoms with E-state index in [1.54, 1.807) is 0 Å². The molecule has 104 valence electrons. The Kier molecular flexibility index (Phi) is 3.62. The first kappa shape index (κ1) is 13.0. The average Bonchev–Trinajstić information content (AvgIpc) is 2.92. The smallest absolute Gasteiger partial charge is 0.133 e. The SMILES string of the molecule is NCCCCc1nc2ccccc2c2[nH]c(CO)nc12. The number of aliphatic hydroxyl groups is 1. The van der Waals surface area contributed by atoms with Gasteiger partial charge in [0.2, 0.25) is 0 Å². The van der Waals surface area contributed by atoms with Crippen molar-refractivity contribution in [3.05, 3.63) is 35.8 Å². The van der Waals surface area contributed by atoms with Gasteiger partial charge in [-0.05, 0) is 31.9 Å². The van der Waals surface area contributed by atoms with E-state index in [-0.39, 0.29) is 6.61 Å². The van der Waals surface area contributed by atoms with Crippen LogP contribution < -0.4 is 5.73 Å². The Balaban J connectivity index is 2.17. The molecule has 0 amide bonds. The zero-order chi connectivity index (χ0) is 13.9. The minimum atomic E-state index is -0.0920. The maximum Gasteiger partial charge on any atom is 0.133 e. The highest BCUT2D eigenvalue weighted by Gasteiger charge is 2.12. The van der Waals surface area contributed by atoms with E-state index in [2.05, 4.69) is 9.97 Å². The fourth-order valence-electron chi connectivity index (χ4n) is 2.49. The van der Waals surface area contributed by atoms with Crippen molar-refractivity contribution in [2.24, 2.45) is 5.73 Å². The number of aryl methyl sites for hydroxylation is 1. The second-order valence-electron chi connectivity index (χ2n) is 4.89. The maximum absolute atomic E-state index is 9.29. The summed E-state index contributed by atoms with van der Waals surface area (Å²) in [6, 6.07) is 7.99. The first-order valence-corrected chi connectivity index (χ1v) is 6.90. The molecule has 0 unspecified atom stereocenters. The normalized spacial score (nSPS) is 11.5. The van der Waals surface area contributed by atoms with Crippen molar-refractivity contribution in [3.8, 4) is 0 Å². The highest BCUT2D eigenvalue weighted by Crippen LogP contribution is 2.25. The van der Waals surface area contributed by atoms with E-state index >= 15 is 0 Å². The third-order valence-corrected chi connectivity index (χ3v) is 3.47. The third-order valence-electron chi connectivity index (χ3n) is 3.47. The zero-order valence-corrected chi connectivity index (χ0v) is 11.3. The van der Waals surface area contributed by atoms with Gasteiger partial charge in [-0.3, -0.25) is 4.98 Å². The molecule has 0 aliphatic heterocycles. The van der Waals surface area contributed by atoms with Crippen LogP contribution in [0.3, 0.4) is 0 Å². The van der Waals surface area contributed by atoms with Crippen molar-refractivity contribution < 1.29 is 5.11 Å². The van der Waals surface area contributed by atoms with Crippen LogP contribution in [-0.2, 0) is 13.0 Å². The van der Waals surface area contributed by atoms with E-state index in [0.717, 1.165) is 46.9 Å². The summed E-state index contributed by atoms with van der Waals surface area (Å²) in [5.74, 6) is 0.582. The number of rotatable bonds is 5. The Hall–Kier alpha value is -1.98. The van der Waals surface area contributed by atoms with E-state index in [1.807, 2.05) is 24.3 Å². The largest absolute Gasteiger partial charge is 0.388 e. The van der Waals surface area contributed by atoms with Gasteiger partial charge in [-0.15, -0.1) is 0 Å². The molecule has 0 fully saturated rings. The van der Waals surface area contributed by atoms with Crippen molar-refractivity contribution in [1.29, 1.82) is 0 Å². The minimum absolute atomic E-state index is 0.0920. The number of unbranched alkanes of at least 4 members (excludes halogenated alkanes) is 1. The summed E-state index contributed by atoms with van der Waals surface area (Å²) in [7, 11) is 0. The quantitative estimate of drug-likeness (QED) is 0.618. The van der Waals surface area contributed by atoms with Crippen molar-refractivity contribution in [3.63, 3.8) is 0 Å². The van der Waals surface area contributed by atoms with Gasteiger partial charge in [0.25, 0.3) is 0 Å². The number of aromatic nitrogens is 3. The fourth-order valence-corrected chi connectivity index (χ4v) is 2.49. The van der Waals surface area contributed by atoms with Gasteiger partial charge in [-0.25, -0.2) is 4.98 Å². The molecule has 4 N–H and O–H groups in total. The molecule has 3 rings (SSSR count). The maximum atomic E-state index is 9.29. The lowest BCUT2D eigenvalue weighted by atomic mass is 10.1. The van der Waals surface area contributed by atoms with Crippen molar-refractivity contribution in [1.82, 2.24) is 15.0 Å². The lowest BCUT2D eigenvalue weighted by Gasteiger charge is -2.05. The highest BCUT2D eigenvalue weighted by atomic mass is 16.3. The van der Waals surface area contributed by atoms with Crippen molar-refractivity contribution >= 4 is 21.9 Å².